The van der Waals surface area contributed by atoms with E-state index in [2.05, 4.69) is 32.8 Å². The quantitative estimate of drug-likeness (QED) is 0.485. The van der Waals surface area contributed by atoms with Crippen molar-refractivity contribution in [2.75, 3.05) is 0 Å². The normalized spacial score (nSPS) is 11.6. The summed E-state index contributed by atoms with van der Waals surface area (Å²) in [6.45, 7) is 0. The van der Waals surface area contributed by atoms with Crippen LogP contribution in [-0.4, -0.2) is 12.4 Å². The zero-order valence-electron chi connectivity index (χ0n) is 8.38. The molecule has 0 atom stereocenters. The van der Waals surface area contributed by atoms with Gasteiger partial charge in [-0.2, -0.15) is 10.2 Å². The van der Waals surface area contributed by atoms with Gasteiger partial charge in [0.2, 0.25) is 0 Å². The molecule has 0 saturated heterocycles. The number of nitrogens with zero attached hydrogens (tertiary/aromatic N) is 2. The Labute approximate surface area is 107 Å². The first-order chi connectivity index (χ1) is 7.84. The molecule has 1 aromatic heterocycles. The molecule has 0 radical (unpaired) electrons. The van der Waals surface area contributed by atoms with Crippen molar-refractivity contribution in [3.63, 3.8) is 0 Å². The highest BCUT2D eigenvalue weighted by molar-refractivity contribution is 14.1. The molecule has 80 valence electrons. The Morgan fingerprint density at radius 1 is 1.00 bits per heavy atom. The molecule has 0 spiro atoms. The standard InChI is InChI=1S/C12H9IN2O/c13-11-5-3-10(4-6-11)8-14-15-9-12-2-1-7-16-12/h1-9H/b14-8-,15-9-. The van der Waals surface area contributed by atoms with Crippen LogP contribution in [0.4, 0.5) is 0 Å². The van der Waals surface area contributed by atoms with Gasteiger partial charge in [-0.15, -0.1) is 0 Å². The van der Waals surface area contributed by atoms with Gasteiger partial charge in [-0.3, -0.25) is 0 Å². The molecule has 0 unspecified atom stereocenters. The minimum atomic E-state index is 0.694. The Kier molecular flexibility index (Phi) is 3.87. The highest BCUT2D eigenvalue weighted by Gasteiger charge is 1.88. The molecular formula is C12H9IN2O. The Morgan fingerprint density at radius 2 is 1.75 bits per heavy atom. The van der Waals surface area contributed by atoms with Crippen molar-refractivity contribution >= 4 is 35.0 Å². The largest absolute Gasteiger partial charge is 0.463 e. The number of benzene rings is 1. The summed E-state index contributed by atoms with van der Waals surface area (Å²) >= 11 is 2.26. The third-order valence-electron chi connectivity index (χ3n) is 1.87. The van der Waals surface area contributed by atoms with Crippen LogP contribution in [0.2, 0.25) is 0 Å². The number of hydrogen-bond acceptors (Lipinski definition) is 3. The van der Waals surface area contributed by atoms with Gasteiger partial charge in [-0.05, 0) is 52.4 Å². The zero-order valence-corrected chi connectivity index (χ0v) is 10.5. The molecule has 16 heavy (non-hydrogen) atoms. The lowest BCUT2D eigenvalue weighted by Gasteiger charge is -1.90. The molecule has 0 fully saturated rings. The van der Waals surface area contributed by atoms with Gasteiger partial charge in [0.25, 0.3) is 0 Å². The summed E-state index contributed by atoms with van der Waals surface area (Å²) in [7, 11) is 0. The van der Waals surface area contributed by atoms with Crippen molar-refractivity contribution in [1.82, 2.24) is 0 Å². The minimum absolute atomic E-state index is 0.694. The number of rotatable bonds is 3. The van der Waals surface area contributed by atoms with E-state index in [1.165, 1.54) is 3.57 Å². The van der Waals surface area contributed by atoms with Gasteiger partial charge in [-0.25, -0.2) is 0 Å². The van der Waals surface area contributed by atoms with E-state index in [-0.39, 0.29) is 0 Å². The maximum atomic E-state index is 5.08. The SMILES string of the molecule is Ic1ccc(/C=N\N=C/c2ccco2)cc1. The highest BCUT2D eigenvalue weighted by atomic mass is 127. The summed E-state index contributed by atoms with van der Waals surface area (Å²) in [6, 6.07) is 11.7. The van der Waals surface area contributed by atoms with Crippen LogP contribution >= 0.6 is 22.6 Å². The second-order valence-corrected chi connectivity index (χ2v) is 4.30. The van der Waals surface area contributed by atoms with Crippen LogP contribution in [0.3, 0.4) is 0 Å². The molecule has 2 rings (SSSR count). The molecule has 2 aromatic rings. The summed E-state index contributed by atoms with van der Waals surface area (Å²) in [5.74, 6) is 0.694. The minimum Gasteiger partial charge on any atom is -0.463 e. The third kappa shape index (κ3) is 3.30. The monoisotopic (exact) mass is 324 g/mol. The summed E-state index contributed by atoms with van der Waals surface area (Å²) < 4.78 is 6.28. The number of furan rings is 1. The van der Waals surface area contributed by atoms with Gasteiger partial charge >= 0.3 is 0 Å². The van der Waals surface area contributed by atoms with Crippen LogP contribution < -0.4 is 0 Å². The van der Waals surface area contributed by atoms with E-state index < -0.39 is 0 Å². The van der Waals surface area contributed by atoms with E-state index in [0.29, 0.717) is 5.76 Å². The van der Waals surface area contributed by atoms with E-state index in [4.69, 9.17) is 4.42 Å². The van der Waals surface area contributed by atoms with Gasteiger partial charge in [0, 0.05) is 3.57 Å². The predicted octanol–water partition coefficient (Wildman–Crippen LogP) is 3.34. The summed E-state index contributed by atoms with van der Waals surface area (Å²) in [5.41, 5.74) is 1.03. The lowest BCUT2D eigenvalue weighted by Crippen LogP contribution is -1.80. The lowest BCUT2D eigenvalue weighted by molar-refractivity contribution is 0.560. The van der Waals surface area contributed by atoms with E-state index in [0.717, 1.165) is 5.56 Å². The average molecular weight is 324 g/mol. The zero-order chi connectivity index (χ0) is 11.2. The molecule has 4 heteroatoms. The first kappa shape index (κ1) is 11.1. The van der Waals surface area contributed by atoms with Crippen LogP contribution in [0.5, 0.6) is 0 Å². The van der Waals surface area contributed by atoms with E-state index in [1.807, 2.05) is 36.4 Å². The van der Waals surface area contributed by atoms with Gasteiger partial charge in [-0.1, -0.05) is 12.1 Å². The van der Waals surface area contributed by atoms with Crippen molar-refractivity contribution in [2.24, 2.45) is 10.2 Å². The third-order valence-corrected chi connectivity index (χ3v) is 2.59. The van der Waals surface area contributed by atoms with E-state index in [1.54, 1.807) is 18.7 Å². The average Bonchev–Trinajstić information content (AvgIpc) is 2.80. The van der Waals surface area contributed by atoms with Crippen LogP contribution in [0.1, 0.15) is 11.3 Å². The Bertz CT molecular complexity index is 486. The fourth-order valence-electron chi connectivity index (χ4n) is 1.10. The van der Waals surface area contributed by atoms with Crippen molar-refractivity contribution < 1.29 is 4.42 Å². The Hall–Kier alpha value is -1.43. The van der Waals surface area contributed by atoms with Crippen LogP contribution in [0.25, 0.3) is 0 Å². The molecule has 1 heterocycles. The highest BCUT2D eigenvalue weighted by Crippen LogP contribution is 2.04. The number of hydrogen-bond donors (Lipinski definition) is 0. The van der Waals surface area contributed by atoms with Crippen LogP contribution in [0, 0.1) is 3.57 Å². The second kappa shape index (κ2) is 5.60. The second-order valence-electron chi connectivity index (χ2n) is 3.06. The van der Waals surface area contributed by atoms with Crippen LogP contribution in [0.15, 0.2) is 57.3 Å². The fourth-order valence-corrected chi connectivity index (χ4v) is 1.46. The molecular weight excluding hydrogens is 315 g/mol. The molecule has 0 N–H and O–H groups in total. The molecule has 0 amide bonds. The first-order valence-electron chi connectivity index (χ1n) is 4.70. The molecule has 1 aromatic carbocycles. The molecule has 0 aliphatic rings. The van der Waals surface area contributed by atoms with Crippen molar-refractivity contribution in [3.8, 4) is 0 Å². The smallest absolute Gasteiger partial charge is 0.146 e. The van der Waals surface area contributed by atoms with E-state index in [9.17, 15) is 0 Å². The topological polar surface area (TPSA) is 37.9 Å². The summed E-state index contributed by atoms with van der Waals surface area (Å²) in [4.78, 5) is 0. The molecule has 0 aliphatic heterocycles. The van der Waals surface area contributed by atoms with Crippen molar-refractivity contribution in [2.45, 2.75) is 0 Å². The van der Waals surface area contributed by atoms with Crippen molar-refractivity contribution in [3.05, 3.63) is 57.6 Å². The summed E-state index contributed by atoms with van der Waals surface area (Å²) in [6.07, 6.45) is 4.88. The summed E-state index contributed by atoms with van der Waals surface area (Å²) in [5, 5.41) is 7.81. The Morgan fingerprint density at radius 3 is 2.44 bits per heavy atom. The van der Waals surface area contributed by atoms with E-state index >= 15 is 0 Å². The molecule has 3 nitrogen and oxygen atoms in total. The first-order valence-corrected chi connectivity index (χ1v) is 5.78. The van der Waals surface area contributed by atoms with Crippen molar-refractivity contribution in [1.29, 1.82) is 0 Å². The molecule has 0 saturated carbocycles. The van der Waals surface area contributed by atoms with Crippen LogP contribution in [-0.2, 0) is 0 Å². The molecule has 0 bridgehead atoms. The van der Waals surface area contributed by atoms with Gasteiger partial charge in [0.15, 0.2) is 0 Å². The van der Waals surface area contributed by atoms with Gasteiger partial charge < -0.3 is 4.42 Å². The predicted molar refractivity (Wildman–Crippen MR) is 73.1 cm³/mol. The fraction of sp³-hybridized carbons (Fsp3) is 0. The maximum absolute atomic E-state index is 5.08. The van der Waals surface area contributed by atoms with Gasteiger partial charge in [0.05, 0.1) is 18.7 Å². The Balaban J connectivity index is 1.97. The molecule has 0 aliphatic carbocycles. The maximum Gasteiger partial charge on any atom is 0.146 e. The van der Waals surface area contributed by atoms with Gasteiger partial charge in [0.1, 0.15) is 5.76 Å². The lowest BCUT2D eigenvalue weighted by atomic mass is 10.2. The number of halogens is 1.